The van der Waals surface area contributed by atoms with Crippen LogP contribution in [0.1, 0.15) is 32.2 Å². The number of rotatable bonds is 4. The van der Waals surface area contributed by atoms with E-state index in [4.69, 9.17) is 4.52 Å². The average molecular weight is 385 g/mol. The van der Waals surface area contributed by atoms with E-state index in [1.54, 1.807) is 11.9 Å². The molecule has 0 aliphatic heterocycles. The maximum Gasteiger partial charge on any atom is 0.249 e. The summed E-state index contributed by atoms with van der Waals surface area (Å²) in [5, 5.41) is 4.00. The molecule has 0 N–H and O–H groups in total. The van der Waals surface area contributed by atoms with Crippen molar-refractivity contribution in [1.29, 1.82) is 0 Å². The van der Waals surface area contributed by atoms with Gasteiger partial charge in [0, 0.05) is 23.1 Å². The normalized spacial score (nSPS) is 12.2. The maximum atomic E-state index is 11.5. The van der Waals surface area contributed by atoms with Gasteiger partial charge >= 0.3 is 0 Å². The highest BCUT2D eigenvalue weighted by Crippen LogP contribution is 2.24. The molecule has 2 aromatic rings. The summed E-state index contributed by atoms with van der Waals surface area (Å²) >= 11 is 2.25. The fourth-order valence-corrected chi connectivity index (χ4v) is 2.28. The van der Waals surface area contributed by atoms with Crippen molar-refractivity contribution in [3.05, 3.63) is 33.7 Å². The van der Waals surface area contributed by atoms with Crippen LogP contribution >= 0.6 is 22.6 Å². The van der Waals surface area contributed by atoms with E-state index < -0.39 is 0 Å². The van der Waals surface area contributed by atoms with Gasteiger partial charge < -0.3 is 9.42 Å². The van der Waals surface area contributed by atoms with Crippen LogP contribution in [-0.2, 0) is 4.79 Å². The predicted molar refractivity (Wildman–Crippen MR) is 83.9 cm³/mol. The van der Waals surface area contributed by atoms with E-state index in [0.29, 0.717) is 11.7 Å². The molecule has 0 fully saturated rings. The molecule has 1 aromatic carbocycles. The molecule has 1 amide bonds. The van der Waals surface area contributed by atoms with Gasteiger partial charge in [-0.1, -0.05) is 24.2 Å². The second-order valence-electron chi connectivity index (χ2n) is 4.52. The van der Waals surface area contributed by atoms with Crippen molar-refractivity contribution >= 4 is 28.5 Å². The van der Waals surface area contributed by atoms with E-state index in [-0.39, 0.29) is 11.9 Å². The Morgan fingerprint density at radius 1 is 1.40 bits per heavy atom. The first-order chi connectivity index (χ1) is 9.52. The van der Waals surface area contributed by atoms with Crippen molar-refractivity contribution in [2.45, 2.75) is 26.3 Å². The molecule has 5 nitrogen and oxygen atoms in total. The molecule has 20 heavy (non-hydrogen) atoms. The molecule has 6 heteroatoms. The Labute approximate surface area is 131 Å². The van der Waals surface area contributed by atoms with E-state index in [1.165, 1.54) is 6.92 Å². The van der Waals surface area contributed by atoms with Crippen LogP contribution in [0.15, 0.2) is 28.8 Å². The van der Waals surface area contributed by atoms with Crippen molar-refractivity contribution in [1.82, 2.24) is 15.0 Å². The fraction of sp³-hybridized carbons (Fsp3) is 0.357. The van der Waals surface area contributed by atoms with Gasteiger partial charge in [-0.2, -0.15) is 4.98 Å². The third-order valence-corrected chi connectivity index (χ3v) is 3.90. The Balaban J connectivity index is 2.27. The van der Waals surface area contributed by atoms with Crippen LogP contribution in [-0.4, -0.2) is 28.0 Å². The minimum atomic E-state index is -0.183. The number of carbonyl (C=O) groups is 1. The zero-order chi connectivity index (χ0) is 14.7. The maximum absolute atomic E-state index is 11.5. The molecule has 1 atom stereocenters. The van der Waals surface area contributed by atoms with Crippen LogP contribution in [0.3, 0.4) is 0 Å². The summed E-state index contributed by atoms with van der Waals surface area (Å²) in [5.41, 5.74) is 0.903. The Kier molecular flexibility index (Phi) is 4.74. The molecule has 0 aliphatic rings. The number of hydrogen-bond donors (Lipinski definition) is 0. The lowest BCUT2D eigenvalue weighted by atomic mass is 10.2. The third-order valence-electron chi connectivity index (χ3n) is 3.18. The summed E-state index contributed by atoms with van der Waals surface area (Å²) in [5.74, 6) is 0.997. The first kappa shape index (κ1) is 15.0. The molecule has 0 radical (unpaired) electrons. The standard InChI is InChI=1S/C14H16IN3O2/c1-4-12(18(3)9(2)19)14-16-13(17-20-14)10-5-7-11(15)8-6-10/h5-8,12H,4H2,1-3H3. The molecule has 0 bridgehead atoms. The van der Waals surface area contributed by atoms with Crippen LogP contribution in [0, 0.1) is 3.57 Å². The van der Waals surface area contributed by atoms with Crippen molar-refractivity contribution in [3.8, 4) is 11.4 Å². The van der Waals surface area contributed by atoms with Crippen molar-refractivity contribution in [3.63, 3.8) is 0 Å². The van der Waals surface area contributed by atoms with Gasteiger partial charge in [-0.05, 0) is 41.1 Å². The minimum Gasteiger partial charge on any atom is -0.337 e. The molecule has 1 heterocycles. The quantitative estimate of drug-likeness (QED) is 0.759. The van der Waals surface area contributed by atoms with Crippen LogP contribution in [0.5, 0.6) is 0 Å². The second kappa shape index (κ2) is 6.34. The molecule has 106 valence electrons. The highest BCUT2D eigenvalue weighted by molar-refractivity contribution is 14.1. The van der Waals surface area contributed by atoms with Crippen LogP contribution < -0.4 is 0 Å². The highest BCUT2D eigenvalue weighted by atomic mass is 127. The van der Waals surface area contributed by atoms with E-state index in [2.05, 4.69) is 32.7 Å². The first-order valence-electron chi connectivity index (χ1n) is 6.36. The molecule has 1 unspecified atom stereocenters. The topological polar surface area (TPSA) is 59.2 Å². The van der Waals surface area contributed by atoms with Gasteiger partial charge in [-0.15, -0.1) is 0 Å². The number of carbonyl (C=O) groups excluding carboxylic acids is 1. The monoisotopic (exact) mass is 385 g/mol. The molecule has 0 saturated heterocycles. The van der Waals surface area contributed by atoms with Gasteiger partial charge in [0.15, 0.2) is 0 Å². The summed E-state index contributed by atoms with van der Waals surface area (Å²) in [6.07, 6.45) is 0.727. The summed E-state index contributed by atoms with van der Waals surface area (Å²) in [6, 6.07) is 7.70. The van der Waals surface area contributed by atoms with E-state index >= 15 is 0 Å². The smallest absolute Gasteiger partial charge is 0.249 e. The lowest BCUT2D eigenvalue weighted by molar-refractivity contribution is -0.130. The molecular formula is C14H16IN3O2. The Morgan fingerprint density at radius 3 is 2.60 bits per heavy atom. The highest BCUT2D eigenvalue weighted by Gasteiger charge is 2.23. The third kappa shape index (κ3) is 3.17. The summed E-state index contributed by atoms with van der Waals surface area (Å²) in [6.45, 7) is 3.51. The molecule has 1 aromatic heterocycles. The average Bonchev–Trinajstić information content (AvgIpc) is 2.89. The summed E-state index contributed by atoms with van der Waals surface area (Å²) in [7, 11) is 1.74. The van der Waals surface area contributed by atoms with Crippen LogP contribution in [0.2, 0.25) is 0 Å². The zero-order valence-electron chi connectivity index (χ0n) is 11.6. The van der Waals surface area contributed by atoms with E-state index in [0.717, 1.165) is 15.6 Å². The van der Waals surface area contributed by atoms with Crippen molar-refractivity contribution in [2.75, 3.05) is 7.05 Å². The number of nitrogens with zero attached hydrogens (tertiary/aromatic N) is 3. The van der Waals surface area contributed by atoms with Gasteiger partial charge in [0.1, 0.15) is 6.04 Å². The molecule has 0 spiro atoms. The van der Waals surface area contributed by atoms with E-state index in [1.807, 2.05) is 31.2 Å². The van der Waals surface area contributed by atoms with Crippen molar-refractivity contribution in [2.24, 2.45) is 0 Å². The Morgan fingerprint density at radius 2 is 2.05 bits per heavy atom. The Hall–Kier alpha value is -1.44. The number of hydrogen-bond acceptors (Lipinski definition) is 4. The Bertz CT molecular complexity index is 595. The number of benzene rings is 1. The van der Waals surface area contributed by atoms with Crippen molar-refractivity contribution < 1.29 is 9.32 Å². The number of aromatic nitrogens is 2. The molecule has 0 saturated carbocycles. The lowest BCUT2D eigenvalue weighted by Gasteiger charge is -2.22. The van der Waals surface area contributed by atoms with Gasteiger partial charge in [0.05, 0.1) is 0 Å². The summed E-state index contributed by atoms with van der Waals surface area (Å²) in [4.78, 5) is 17.5. The lowest BCUT2D eigenvalue weighted by Crippen LogP contribution is -2.28. The fourth-order valence-electron chi connectivity index (χ4n) is 1.92. The number of halogens is 1. The van der Waals surface area contributed by atoms with Gasteiger partial charge in [0.25, 0.3) is 0 Å². The first-order valence-corrected chi connectivity index (χ1v) is 7.43. The SMILES string of the molecule is CCC(c1nc(-c2ccc(I)cc2)no1)N(C)C(C)=O. The van der Waals surface area contributed by atoms with Crippen LogP contribution in [0.4, 0.5) is 0 Å². The second-order valence-corrected chi connectivity index (χ2v) is 5.76. The molecule has 0 aliphatic carbocycles. The van der Waals surface area contributed by atoms with Gasteiger partial charge in [0.2, 0.25) is 17.6 Å². The predicted octanol–water partition coefficient (Wildman–Crippen LogP) is 3.27. The molecule has 2 rings (SSSR count). The molecular weight excluding hydrogens is 369 g/mol. The van der Waals surface area contributed by atoms with E-state index in [9.17, 15) is 4.79 Å². The minimum absolute atomic E-state index is 0.0223. The van der Waals surface area contributed by atoms with Crippen LogP contribution in [0.25, 0.3) is 11.4 Å². The largest absolute Gasteiger partial charge is 0.337 e. The zero-order valence-corrected chi connectivity index (χ0v) is 13.8. The van der Waals surface area contributed by atoms with Gasteiger partial charge in [-0.3, -0.25) is 4.79 Å². The number of amides is 1. The van der Waals surface area contributed by atoms with Gasteiger partial charge in [-0.25, -0.2) is 0 Å². The summed E-state index contributed by atoms with van der Waals surface area (Å²) < 4.78 is 6.47.